The number of thiophene rings is 1. The Morgan fingerprint density at radius 1 is 1.05 bits per heavy atom. The molecule has 0 saturated heterocycles. The van der Waals surface area contributed by atoms with Crippen LogP contribution in [0.2, 0.25) is 0 Å². The molecule has 2 heterocycles. The minimum Gasteiger partial charge on any atom is -0.493 e. The van der Waals surface area contributed by atoms with Crippen molar-refractivity contribution in [1.29, 1.82) is 0 Å². The molecule has 0 saturated carbocycles. The van der Waals surface area contributed by atoms with Gasteiger partial charge in [0.15, 0.2) is 11.5 Å². The van der Waals surface area contributed by atoms with Crippen LogP contribution >= 0.6 is 11.3 Å². The molecule has 8 nitrogen and oxygen atoms in total. The lowest BCUT2D eigenvalue weighted by Gasteiger charge is -2.11. The molecule has 5 rings (SSSR count). The third-order valence-electron chi connectivity index (χ3n) is 5.79. The largest absolute Gasteiger partial charge is 0.493 e. The smallest absolute Gasteiger partial charge is 0.263 e. The summed E-state index contributed by atoms with van der Waals surface area (Å²) in [5.74, 6) is 0.700. The summed E-state index contributed by atoms with van der Waals surface area (Å²) in [7, 11) is 1.56. The molecule has 2 aromatic heterocycles. The Morgan fingerprint density at radius 3 is 2.58 bits per heavy atom. The minimum absolute atomic E-state index is 0.210. The summed E-state index contributed by atoms with van der Waals surface area (Å²) in [5, 5.41) is 6.44. The summed E-state index contributed by atoms with van der Waals surface area (Å²) in [5.41, 5.74) is 5.68. The summed E-state index contributed by atoms with van der Waals surface area (Å²) in [4.78, 5) is 30.7. The highest BCUT2D eigenvalue weighted by Gasteiger charge is 2.14. The van der Waals surface area contributed by atoms with E-state index in [4.69, 9.17) is 9.47 Å². The third-order valence-corrected chi connectivity index (χ3v) is 6.67. The molecule has 0 bridgehead atoms. The number of nitrogens with zero attached hydrogens (tertiary/aromatic N) is 3. The average Bonchev–Trinajstić information content (AvgIpc) is 3.40. The molecule has 190 valence electrons. The molecule has 0 spiro atoms. The van der Waals surface area contributed by atoms with E-state index < -0.39 is 5.91 Å². The third kappa shape index (κ3) is 5.63. The molecule has 9 heteroatoms. The van der Waals surface area contributed by atoms with Crippen LogP contribution in [0.25, 0.3) is 21.3 Å². The Kier molecular flexibility index (Phi) is 7.56. The van der Waals surface area contributed by atoms with Crippen LogP contribution in [0.1, 0.15) is 11.1 Å². The van der Waals surface area contributed by atoms with Gasteiger partial charge in [0.1, 0.15) is 18.0 Å². The van der Waals surface area contributed by atoms with Crippen molar-refractivity contribution >= 4 is 33.7 Å². The van der Waals surface area contributed by atoms with Crippen molar-refractivity contribution < 1.29 is 14.3 Å². The van der Waals surface area contributed by atoms with E-state index in [9.17, 15) is 9.59 Å². The van der Waals surface area contributed by atoms with Gasteiger partial charge >= 0.3 is 0 Å². The van der Waals surface area contributed by atoms with E-state index in [1.807, 2.05) is 72.1 Å². The van der Waals surface area contributed by atoms with Crippen LogP contribution in [0.4, 0.5) is 0 Å². The van der Waals surface area contributed by atoms with Gasteiger partial charge in [0.05, 0.1) is 25.0 Å². The SMILES string of the molecule is COc1cc(C=NNC(=O)Cn2cnc3scc(-c4ccccc4)c3c2=O)ccc1OCc1ccccc1. The van der Waals surface area contributed by atoms with Gasteiger partial charge in [-0.1, -0.05) is 60.7 Å². The fourth-order valence-electron chi connectivity index (χ4n) is 3.90. The number of hydrogen-bond donors (Lipinski definition) is 1. The normalized spacial score (nSPS) is 11.1. The number of carbonyl (C=O) groups is 1. The van der Waals surface area contributed by atoms with Gasteiger partial charge in [-0.2, -0.15) is 5.10 Å². The summed E-state index contributed by atoms with van der Waals surface area (Å²) in [6, 6.07) is 24.8. The van der Waals surface area contributed by atoms with Gasteiger partial charge in [-0.3, -0.25) is 14.2 Å². The first-order valence-electron chi connectivity index (χ1n) is 11.8. The van der Waals surface area contributed by atoms with Gasteiger partial charge in [0, 0.05) is 10.9 Å². The molecule has 5 aromatic rings. The standard InChI is InChI=1S/C29H24N4O4S/c1-36-25-14-21(12-13-24(25)37-17-20-8-4-2-5-9-20)15-31-32-26(34)16-33-19-30-28-27(29(33)35)23(18-38-28)22-10-6-3-7-11-22/h2-15,18-19H,16-17H2,1H3,(H,32,34). The van der Waals surface area contributed by atoms with E-state index in [1.54, 1.807) is 19.2 Å². The molecule has 1 N–H and O–H groups in total. The summed E-state index contributed by atoms with van der Waals surface area (Å²) in [6.45, 7) is 0.206. The summed E-state index contributed by atoms with van der Waals surface area (Å²) < 4.78 is 12.6. The summed E-state index contributed by atoms with van der Waals surface area (Å²) in [6.07, 6.45) is 2.89. The Labute approximate surface area is 222 Å². The number of fused-ring (bicyclic) bond motifs is 1. The number of carbonyl (C=O) groups excluding carboxylic acids is 1. The summed E-state index contributed by atoms with van der Waals surface area (Å²) >= 11 is 1.40. The van der Waals surface area contributed by atoms with Crippen LogP contribution in [0.5, 0.6) is 11.5 Å². The average molecular weight is 525 g/mol. The maximum absolute atomic E-state index is 13.1. The zero-order valence-electron chi connectivity index (χ0n) is 20.5. The quantitative estimate of drug-likeness (QED) is 0.219. The molecule has 0 fully saturated rings. The second-order valence-corrected chi connectivity index (χ2v) is 9.21. The first kappa shape index (κ1) is 24.9. The molecular weight excluding hydrogens is 500 g/mol. The van der Waals surface area contributed by atoms with Crippen molar-refractivity contribution in [2.75, 3.05) is 7.11 Å². The van der Waals surface area contributed by atoms with Crippen LogP contribution in [0.3, 0.4) is 0 Å². The van der Waals surface area contributed by atoms with E-state index in [1.165, 1.54) is 28.4 Å². The number of aromatic nitrogens is 2. The number of hydrogen-bond acceptors (Lipinski definition) is 7. The number of amides is 1. The predicted molar refractivity (Wildman–Crippen MR) is 149 cm³/mol. The molecular formula is C29H24N4O4S. The van der Waals surface area contributed by atoms with E-state index in [0.717, 1.165) is 16.7 Å². The Hall–Kier alpha value is -4.76. The van der Waals surface area contributed by atoms with Gasteiger partial charge in [-0.15, -0.1) is 11.3 Å². The monoisotopic (exact) mass is 524 g/mol. The van der Waals surface area contributed by atoms with Crippen molar-refractivity contribution in [2.24, 2.45) is 5.10 Å². The van der Waals surface area contributed by atoms with Crippen LogP contribution in [0.15, 0.2) is 100 Å². The number of benzene rings is 3. The highest BCUT2D eigenvalue weighted by molar-refractivity contribution is 7.17. The Balaban J connectivity index is 1.24. The number of methoxy groups -OCH3 is 1. The number of nitrogens with one attached hydrogen (secondary N) is 1. The van der Waals surface area contributed by atoms with E-state index in [0.29, 0.717) is 33.9 Å². The first-order chi connectivity index (χ1) is 18.6. The topological polar surface area (TPSA) is 94.8 Å². The van der Waals surface area contributed by atoms with E-state index >= 15 is 0 Å². The Morgan fingerprint density at radius 2 is 1.82 bits per heavy atom. The molecule has 0 aliphatic rings. The maximum Gasteiger partial charge on any atom is 0.263 e. The van der Waals surface area contributed by atoms with Crippen LogP contribution in [0, 0.1) is 0 Å². The molecule has 38 heavy (non-hydrogen) atoms. The second-order valence-electron chi connectivity index (χ2n) is 8.35. The first-order valence-corrected chi connectivity index (χ1v) is 12.7. The number of rotatable bonds is 9. The lowest BCUT2D eigenvalue weighted by atomic mass is 10.1. The Bertz CT molecular complexity index is 1650. The van der Waals surface area contributed by atoms with Gasteiger partial charge in [-0.25, -0.2) is 10.4 Å². The molecule has 0 unspecified atom stereocenters. The van der Waals surface area contributed by atoms with E-state index in [2.05, 4.69) is 15.5 Å². The molecule has 0 aliphatic carbocycles. The van der Waals surface area contributed by atoms with Crippen LogP contribution in [-0.4, -0.2) is 28.8 Å². The molecule has 0 aliphatic heterocycles. The van der Waals surface area contributed by atoms with Crippen LogP contribution in [-0.2, 0) is 17.9 Å². The van der Waals surface area contributed by atoms with Gasteiger partial charge in [-0.05, 0) is 34.9 Å². The predicted octanol–water partition coefficient (Wildman–Crippen LogP) is 4.86. The van der Waals surface area contributed by atoms with Crippen molar-refractivity contribution in [1.82, 2.24) is 15.0 Å². The lowest BCUT2D eigenvalue weighted by Crippen LogP contribution is -2.30. The fraction of sp³-hybridized carbons (Fsp3) is 0.103. The number of hydrazone groups is 1. The maximum atomic E-state index is 13.1. The van der Waals surface area contributed by atoms with Crippen molar-refractivity contribution in [3.63, 3.8) is 0 Å². The molecule has 3 aromatic carbocycles. The van der Waals surface area contributed by atoms with Gasteiger partial charge < -0.3 is 9.47 Å². The fourth-order valence-corrected chi connectivity index (χ4v) is 4.80. The zero-order chi connectivity index (χ0) is 26.3. The number of ether oxygens (including phenoxy) is 2. The lowest BCUT2D eigenvalue weighted by molar-refractivity contribution is -0.121. The zero-order valence-corrected chi connectivity index (χ0v) is 21.4. The van der Waals surface area contributed by atoms with Crippen molar-refractivity contribution in [3.05, 3.63) is 112 Å². The highest BCUT2D eigenvalue weighted by atomic mass is 32.1. The van der Waals surface area contributed by atoms with E-state index in [-0.39, 0.29) is 12.1 Å². The molecule has 0 atom stereocenters. The van der Waals surface area contributed by atoms with Gasteiger partial charge in [0.25, 0.3) is 11.5 Å². The van der Waals surface area contributed by atoms with Crippen molar-refractivity contribution in [2.45, 2.75) is 13.2 Å². The van der Waals surface area contributed by atoms with Gasteiger partial charge in [0.2, 0.25) is 0 Å². The minimum atomic E-state index is -0.448. The second kappa shape index (κ2) is 11.5. The van der Waals surface area contributed by atoms with Crippen LogP contribution < -0.4 is 20.5 Å². The highest BCUT2D eigenvalue weighted by Crippen LogP contribution is 2.30. The molecule has 1 amide bonds. The van der Waals surface area contributed by atoms with Crippen molar-refractivity contribution in [3.8, 4) is 22.6 Å². The molecule has 0 radical (unpaired) electrons.